The standard InChI is InChI=1S/C2H4O3.H3P/c3-1-2(4)5;/h3H,1H2,(H,4,5);1H3. The maximum Gasteiger partial charge on any atom is 0.329 e. The van der Waals surface area contributed by atoms with Crippen molar-refractivity contribution < 1.29 is 15.0 Å². The van der Waals surface area contributed by atoms with Gasteiger partial charge >= 0.3 is 5.97 Å². The fourth-order valence-electron chi connectivity index (χ4n) is 0. The van der Waals surface area contributed by atoms with E-state index in [0.29, 0.717) is 0 Å². The van der Waals surface area contributed by atoms with Gasteiger partial charge in [-0.2, -0.15) is 9.90 Å². The summed E-state index contributed by atoms with van der Waals surface area (Å²) < 4.78 is 0. The SMILES string of the molecule is O=C(O)CO.P. The van der Waals surface area contributed by atoms with Crippen LogP contribution in [0.2, 0.25) is 0 Å². The van der Waals surface area contributed by atoms with Crippen LogP contribution < -0.4 is 0 Å². The second-order valence-corrected chi connectivity index (χ2v) is 0.552. The molecule has 0 amide bonds. The molecule has 0 bridgehead atoms. The van der Waals surface area contributed by atoms with Crippen molar-refractivity contribution in [1.29, 1.82) is 0 Å². The minimum absolute atomic E-state index is 0. The van der Waals surface area contributed by atoms with Gasteiger partial charge in [0.05, 0.1) is 0 Å². The van der Waals surface area contributed by atoms with E-state index < -0.39 is 12.6 Å². The first-order valence-corrected chi connectivity index (χ1v) is 1.10. The monoisotopic (exact) mass is 110 g/mol. The molecule has 3 nitrogen and oxygen atoms in total. The maximum absolute atomic E-state index is 9.12. The Morgan fingerprint density at radius 2 is 1.83 bits per heavy atom. The van der Waals surface area contributed by atoms with Crippen LogP contribution in [0, 0.1) is 0 Å². The number of aliphatic hydroxyl groups excluding tert-OH is 1. The van der Waals surface area contributed by atoms with E-state index in [2.05, 4.69) is 0 Å². The van der Waals surface area contributed by atoms with Gasteiger partial charge in [-0.3, -0.25) is 0 Å². The molecule has 6 heavy (non-hydrogen) atoms. The first-order chi connectivity index (χ1) is 2.27. The van der Waals surface area contributed by atoms with Gasteiger partial charge in [0.1, 0.15) is 6.61 Å². The molecule has 0 aliphatic rings. The highest BCUT2D eigenvalue weighted by molar-refractivity contribution is 6.92. The van der Waals surface area contributed by atoms with Gasteiger partial charge in [0.15, 0.2) is 0 Å². The van der Waals surface area contributed by atoms with Crippen LogP contribution in [0.1, 0.15) is 0 Å². The third-order valence-corrected chi connectivity index (χ3v) is 0.135. The van der Waals surface area contributed by atoms with E-state index in [1.54, 1.807) is 0 Å². The van der Waals surface area contributed by atoms with Crippen molar-refractivity contribution in [2.45, 2.75) is 0 Å². The van der Waals surface area contributed by atoms with Crippen molar-refractivity contribution >= 4 is 15.9 Å². The number of rotatable bonds is 1. The van der Waals surface area contributed by atoms with Gasteiger partial charge in [0.2, 0.25) is 0 Å². The van der Waals surface area contributed by atoms with E-state index in [9.17, 15) is 0 Å². The van der Waals surface area contributed by atoms with E-state index in [1.807, 2.05) is 0 Å². The normalized spacial score (nSPS) is 6.17. The summed E-state index contributed by atoms with van der Waals surface area (Å²) in [4.78, 5) is 9.12. The summed E-state index contributed by atoms with van der Waals surface area (Å²) in [6.45, 7) is -0.778. The molecule has 38 valence electrons. The molecular formula is C2H7O3P. The third kappa shape index (κ3) is 9.13. The Labute approximate surface area is 38.6 Å². The fraction of sp³-hybridized carbons (Fsp3) is 0.500. The first-order valence-electron chi connectivity index (χ1n) is 1.10. The smallest absolute Gasteiger partial charge is 0.329 e. The summed E-state index contributed by atoms with van der Waals surface area (Å²) in [5, 5.41) is 15.0. The van der Waals surface area contributed by atoms with Gasteiger partial charge in [-0.1, -0.05) is 0 Å². The molecule has 0 saturated heterocycles. The Kier molecular flexibility index (Phi) is 7.52. The molecule has 0 spiro atoms. The average Bonchev–Trinajstić information content (AvgIpc) is 1.38. The van der Waals surface area contributed by atoms with Gasteiger partial charge in [0, 0.05) is 0 Å². The summed E-state index contributed by atoms with van der Waals surface area (Å²) in [5.74, 6) is -1.19. The molecule has 0 aliphatic heterocycles. The van der Waals surface area contributed by atoms with Gasteiger partial charge in [-0.05, 0) is 0 Å². The number of carboxylic acids is 1. The van der Waals surface area contributed by atoms with Crippen LogP contribution in [0.4, 0.5) is 0 Å². The van der Waals surface area contributed by atoms with Crippen LogP contribution in [0.25, 0.3) is 0 Å². The third-order valence-electron chi connectivity index (χ3n) is 0.135. The Morgan fingerprint density at radius 1 is 1.67 bits per heavy atom. The zero-order chi connectivity index (χ0) is 4.28. The zero-order valence-corrected chi connectivity index (χ0v) is 4.63. The van der Waals surface area contributed by atoms with Crippen molar-refractivity contribution in [3.8, 4) is 0 Å². The van der Waals surface area contributed by atoms with Crippen molar-refractivity contribution in [1.82, 2.24) is 0 Å². The van der Waals surface area contributed by atoms with Crippen molar-refractivity contribution in [3.05, 3.63) is 0 Å². The van der Waals surface area contributed by atoms with Gasteiger partial charge in [-0.25, -0.2) is 4.79 Å². The van der Waals surface area contributed by atoms with E-state index in [-0.39, 0.29) is 9.90 Å². The lowest BCUT2D eigenvalue weighted by molar-refractivity contribution is -0.140. The Bertz CT molecular complexity index is 44.1. The molecule has 0 heterocycles. The Morgan fingerprint density at radius 3 is 1.83 bits per heavy atom. The second-order valence-electron chi connectivity index (χ2n) is 0.552. The molecule has 0 aliphatic carbocycles. The highest BCUT2D eigenvalue weighted by Gasteiger charge is 1.82. The van der Waals surface area contributed by atoms with Gasteiger partial charge in [-0.15, -0.1) is 0 Å². The number of carbonyl (C=O) groups is 1. The highest BCUT2D eigenvalue weighted by Crippen LogP contribution is 1.48. The fourth-order valence-corrected chi connectivity index (χ4v) is 0. The predicted molar refractivity (Wildman–Crippen MR) is 25.8 cm³/mol. The lowest BCUT2D eigenvalue weighted by Crippen LogP contribution is -1.98. The first kappa shape index (κ1) is 9.29. The molecule has 4 heteroatoms. The van der Waals surface area contributed by atoms with Crippen LogP contribution in [0.5, 0.6) is 0 Å². The minimum atomic E-state index is -1.19. The van der Waals surface area contributed by atoms with Crippen molar-refractivity contribution in [3.63, 3.8) is 0 Å². The van der Waals surface area contributed by atoms with Crippen LogP contribution >= 0.6 is 9.90 Å². The number of hydrogen-bond acceptors (Lipinski definition) is 2. The Balaban J connectivity index is 0. The summed E-state index contributed by atoms with van der Waals surface area (Å²) in [5.41, 5.74) is 0. The largest absolute Gasteiger partial charge is 0.480 e. The molecule has 0 saturated carbocycles. The molecule has 0 fully saturated rings. The minimum Gasteiger partial charge on any atom is -0.480 e. The number of hydrogen-bond donors (Lipinski definition) is 2. The molecule has 0 rings (SSSR count). The van der Waals surface area contributed by atoms with Crippen molar-refractivity contribution in [2.75, 3.05) is 6.61 Å². The highest BCUT2D eigenvalue weighted by atomic mass is 31.0. The van der Waals surface area contributed by atoms with Crippen LogP contribution in [-0.2, 0) is 4.79 Å². The second kappa shape index (κ2) is 4.86. The van der Waals surface area contributed by atoms with Crippen LogP contribution in [0.15, 0.2) is 0 Å². The quantitative estimate of drug-likeness (QED) is 0.431. The summed E-state index contributed by atoms with van der Waals surface area (Å²) in [6, 6.07) is 0. The van der Waals surface area contributed by atoms with E-state index in [1.165, 1.54) is 0 Å². The molecule has 0 aromatic rings. The van der Waals surface area contributed by atoms with Crippen molar-refractivity contribution in [2.24, 2.45) is 0 Å². The average molecular weight is 110 g/mol. The lowest BCUT2D eigenvalue weighted by Gasteiger charge is -1.72. The number of carboxylic acid groups (broad SMARTS) is 1. The number of aliphatic hydroxyl groups is 1. The Hall–Kier alpha value is -0.140. The molecule has 0 aromatic carbocycles. The topological polar surface area (TPSA) is 57.5 Å². The maximum atomic E-state index is 9.12. The zero-order valence-electron chi connectivity index (χ0n) is 3.22. The molecule has 0 radical (unpaired) electrons. The van der Waals surface area contributed by atoms with E-state index in [4.69, 9.17) is 15.0 Å². The van der Waals surface area contributed by atoms with Gasteiger partial charge < -0.3 is 10.2 Å². The summed E-state index contributed by atoms with van der Waals surface area (Å²) in [7, 11) is 0. The lowest BCUT2D eigenvalue weighted by atomic mass is 10.8. The van der Waals surface area contributed by atoms with E-state index >= 15 is 0 Å². The predicted octanol–water partition coefficient (Wildman–Crippen LogP) is -0.879. The molecule has 1 atom stereocenters. The van der Waals surface area contributed by atoms with Crippen LogP contribution in [-0.4, -0.2) is 22.8 Å². The molecular weight excluding hydrogens is 103 g/mol. The summed E-state index contributed by atoms with van der Waals surface area (Å²) >= 11 is 0. The molecule has 1 unspecified atom stereocenters. The van der Waals surface area contributed by atoms with Crippen LogP contribution in [0.3, 0.4) is 0 Å². The summed E-state index contributed by atoms with van der Waals surface area (Å²) in [6.07, 6.45) is 0. The van der Waals surface area contributed by atoms with E-state index in [0.717, 1.165) is 0 Å². The van der Waals surface area contributed by atoms with Gasteiger partial charge in [0.25, 0.3) is 0 Å². The number of aliphatic carboxylic acids is 1. The molecule has 0 aromatic heterocycles. The molecule has 2 N–H and O–H groups in total.